The topological polar surface area (TPSA) is 84.5 Å². The van der Waals surface area contributed by atoms with Crippen molar-refractivity contribution in [2.45, 2.75) is 44.6 Å². The quantitative estimate of drug-likeness (QED) is 0.464. The molecule has 0 bridgehead atoms. The fraction of sp³-hybridized carbons (Fsp3) is 0.269. The monoisotopic (exact) mass is 466 g/mol. The van der Waals surface area contributed by atoms with Gasteiger partial charge >= 0.3 is 0 Å². The van der Waals surface area contributed by atoms with E-state index in [9.17, 15) is 13.2 Å². The van der Waals surface area contributed by atoms with Crippen LogP contribution in [0.4, 0.5) is 5.69 Å². The second-order valence-corrected chi connectivity index (χ2v) is 9.98. The predicted octanol–water partition coefficient (Wildman–Crippen LogP) is 5.42. The third kappa shape index (κ3) is 5.73. The van der Waals surface area contributed by atoms with Crippen LogP contribution in [0.3, 0.4) is 0 Å². The maximum atomic E-state index is 13.0. The Hall–Kier alpha value is -3.32. The molecule has 0 aromatic heterocycles. The minimum absolute atomic E-state index is 0.157. The van der Waals surface area contributed by atoms with Crippen molar-refractivity contribution in [3.05, 3.63) is 89.0 Å². The van der Waals surface area contributed by atoms with Crippen LogP contribution in [0.2, 0.25) is 0 Å². The van der Waals surface area contributed by atoms with Gasteiger partial charge in [0.1, 0.15) is 5.75 Å². The van der Waals surface area contributed by atoms with E-state index < -0.39 is 10.0 Å². The van der Waals surface area contributed by atoms with E-state index in [1.807, 2.05) is 19.9 Å². The van der Waals surface area contributed by atoms with Crippen LogP contribution in [-0.2, 0) is 10.0 Å². The van der Waals surface area contributed by atoms with E-state index in [-0.39, 0.29) is 22.8 Å². The summed E-state index contributed by atoms with van der Waals surface area (Å²) in [5.74, 6) is 0.823. The Morgan fingerprint density at radius 3 is 2.24 bits per heavy atom. The van der Waals surface area contributed by atoms with Crippen molar-refractivity contribution < 1.29 is 17.9 Å². The first-order chi connectivity index (χ1) is 15.6. The molecule has 0 fully saturated rings. The number of hydrogen-bond donors (Lipinski definition) is 2. The maximum Gasteiger partial charge on any atom is 0.261 e. The zero-order valence-corrected chi connectivity index (χ0v) is 20.4. The van der Waals surface area contributed by atoms with Crippen LogP contribution in [0.5, 0.6) is 5.75 Å². The number of amides is 1. The highest BCUT2D eigenvalue weighted by molar-refractivity contribution is 7.92. The molecule has 0 spiro atoms. The summed E-state index contributed by atoms with van der Waals surface area (Å²) in [6, 6.07) is 18.4. The van der Waals surface area contributed by atoms with Crippen LogP contribution < -0.4 is 14.8 Å². The average Bonchev–Trinajstić information content (AvgIpc) is 2.79. The molecular formula is C26H30N2O4S. The molecule has 174 valence electrons. The molecule has 33 heavy (non-hydrogen) atoms. The van der Waals surface area contributed by atoms with E-state index in [0.29, 0.717) is 11.3 Å². The normalized spacial score (nSPS) is 12.3. The van der Waals surface area contributed by atoms with Gasteiger partial charge in [0.25, 0.3) is 15.9 Å². The van der Waals surface area contributed by atoms with Crippen LogP contribution in [-0.4, -0.2) is 21.4 Å². The Labute approximate surface area is 196 Å². The van der Waals surface area contributed by atoms with Gasteiger partial charge in [-0.3, -0.25) is 9.52 Å². The molecule has 0 saturated carbocycles. The summed E-state index contributed by atoms with van der Waals surface area (Å²) in [6.45, 7) is 8.12. The fourth-order valence-corrected chi connectivity index (χ4v) is 4.78. The van der Waals surface area contributed by atoms with Crippen LogP contribution in [0.25, 0.3) is 0 Å². The van der Waals surface area contributed by atoms with Crippen LogP contribution in [0.1, 0.15) is 59.8 Å². The van der Waals surface area contributed by atoms with Gasteiger partial charge in [-0.15, -0.1) is 0 Å². The van der Waals surface area contributed by atoms with E-state index in [1.54, 1.807) is 43.5 Å². The summed E-state index contributed by atoms with van der Waals surface area (Å²) in [7, 11) is -2.08. The molecule has 3 aromatic rings. The second kappa shape index (κ2) is 10.1. The van der Waals surface area contributed by atoms with Gasteiger partial charge in [-0.1, -0.05) is 38.1 Å². The highest BCUT2D eigenvalue weighted by atomic mass is 32.2. The molecule has 0 aliphatic rings. The standard InChI is InChI=1S/C26H30N2O4S/c1-17(2)23-16-24(18(3)14-25(23)32-5)19(4)27-26(29)20-10-9-11-21(15-20)28-33(30,31)22-12-7-6-8-13-22/h6-17,19,28H,1-5H3,(H,27,29). The zero-order chi connectivity index (χ0) is 24.2. The number of benzene rings is 3. The van der Waals surface area contributed by atoms with Crippen molar-refractivity contribution in [1.82, 2.24) is 5.32 Å². The molecule has 6 nitrogen and oxygen atoms in total. The SMILES string of the molecule is COc1cc(C)c(C(C)NC(=O)c2cccc(NS(=O)(=O)c3ccccc3)c2)cc1C(C)C. The zero-order valence-electron chi connectivity index (χ0n) is 19.5. The van der Waals surface area contributed by atoms with Gasteiger partial charge in [-0.25, -0.2) is 8.42 Å². The lowest BCUT2D eigenvalue weighted by Crippen LogP contribution is -2.27. The maximum absolute atomic E-state index is 13.0. The van der Waals surface area contributed by atoms with E-state index in [1.165, 1.54) is 18.2 Å². The fourth-order valence-electron chi connectivity index (χ4n) is 3.71. The highest BCUT2D eigenvalue weighted by Crippen LogP contribution is 2.32. The van der Waals surface area contributed by atoms with E-state index >= 15 is 0 Å². The molecule has 0 saturated heterocycles. The number of nitrogens with one attached hydrogen (secondary N) is 2. The minimum Gasteiger partial charge on any atom is -0.496 e. The Morgan fingerprint density at radius 1 is 0.909 bits per heavy atom. The number of aryl methyl sites for hydroxylation is 1. The van der Waals surface area contributed by atoms with Gasteiger partial charge in [0.15, 0.2) is 0 Å². The van der Waals surface area contributed by atoms with E-state index in [4.69, 9.17) is 4.74 Å². The van der Waals surface area contributed by atoms with Crippen LogP contribution >= 0.6 is 0 Å². The molecule has 2 N–H and O–H groups in total. The molecule has 3 rings (SSSR count). The van der Waals surface area contributed by atoms with Gasteiger partial charge in [0.05, 0.1) is 18.0 Å². The minimum atomic E-state index is -3.74. The van der Waals surface area contributed by atoms with Crippen LogP contribution in [0, 0.1) is 6.92 Å². The molecular weight excluding hydrogens is 436 g/mol. The molecule has 0 heterocycles. The smallest absolute Gasteiger partial charge is 0.261 e. The summed E-state index contributed by atoms with van der Waals surface area (Å²) in [4.78, 5) is 13.1. The first-order valence-corrected chi connectivity index (χ1v) is 12.3. The summed E-state index contributed by atoms with van der Waals surface area (Å²) in [5.41, 5.74) is 3.80. The number of carbonyl (C=O) groups excluding carboxylic acids is 1. The molecule has 1 atom stereocenters. The first-order valence-electron chi connectivity index (χ1n) is 10.8. The molecule has 1 unspecified atom stereocenters. The molecule has 0 aliphatic heterocycles. The molecule has 0 radical (unpaired) electrons. The van der Waals surface area contributed by atoms with Gasteiger partial charge in [-0.05, 0) is 78.9 Å². The van der Waals surface area contributed by atoms with Crippen LogP contribution in [0.15, 0.2) is 71.6 Å². The van der Waals surface area contributed by atoms with Crippen molar-refractivity contribution in [2.75, 3.05) is 11.8 Å². The number of anilines is 1. The molecule has 3 aromatic carbocycles. The van der Waals surface area contributed by atoms with Crippen molar-refractivity contribution in [3.63, 3.8) is 0 Å². The van der Waals surface area contributed by atoms with Crippen molar-refractivity contribution in [2.24, 2.45) is 0 Å². The second-order valence-electron chi connectivity index (χ2n) is 8.30. The predicted molar refractivity (Wildman–Crippen MR) is 131 cm³/mol. The third-order valence-corrected chi connectivity index (χ3v) is 6.88. The number of sulfonamides is 1. The number of carbonyl (C=O) groups is 1. The summed E-state index contributed by atoms with van der Waals surface area (Å²) < 4.78 is 33.2. The number of hydrogen-bond acceptors (Lipinski definition) is 4. The summed E-state index contributed by atoms with van der Waals surface area (Å²) in [6.07, 6.45) is 0. The highest BCUT2D eigenvalue weighted by Gasteiger charge is 2.19. The largest absolute Gasteiger partial charge is 0.496 e. The van der Waals surface area contributed by atoms with E-state index in [2.05, 4.69) is 30.0 Å². The Morgan fingerprint density at radius 2 is 1.61 bits per heavy atom. The van der Waals surface area contributed by atoms with Crippen molar-refractivity contribution in [1.29, 1.82) is 0 Å². The van der Waals surface area contributed by atoms with Crippen molar-refractivity contribution in [3.8, 4) is 5.75 Å². The Bertz CT molecular complexity index is 1240. The lowest BCUT2D eigenvalue weighted by Gasteiger charge is -2.21. The van der Waals surface area contributed by atoms with Gasteiger partial charge in [-0.2, -0.15) is 0 Å². The van der Waals surface area contributed by atoms with Gasteiger partial charge in [0.2, 0.25) is 0 Å². The number of ether oxygens (including phenoxy) is 1. The van der Waals surface area contributed by atoms with Gasteiger partial charge in [0, 0.05) is 11.3 Å². The third-order valence-electron chi connectivity index (χ3n) is 5.48. The van der Waals surface area contributed by atoms with E-state index in [0.717, 1.165) is 22.4 Å². The lowest BCUT2D eigenvalue weighted by molar-refractivity contribution is 0.0940. The number of methoxy groups -OCH3 is 1. The number of rotatable bonds is 8. The molecule has 1 amide bonds. The lowest BCUT2D eigenvalue weighted by atomic mass is 9.93. The Balaban J connectivity index is 1.79. The van der Waals surface area contributed by atoms with Gasteiger partial charge < -0.3 is 10.1 Å². The first kappa shape index (κ1) is 24.3. The summed E-state index contributed by atoms with van der Waals surface area (Å²) in [5, 5.41) is 3.02. The average molecular weight is 467 g/mol. The molecule has 0 aliphatic carbocycles. The summed E-state index contributed by atoms with van der Waals surface area (Å²) >= 11 is 0. The molecule has 7 heteroatoms. The Kier molecular flexibility index (Phi) is 7.43. The van der Waals surface area contributed by atoms with Crippen molar-refractivity contribution >= 4 is 21.6 Å².